The molecule has 0 spiro atoms. The molecule has 0 saturated carbocycles. The van der Waals surface area contributed by atoms with E-state index >= 15 is 0 Å². The molecule has 0 unspecified atom stereocenters. The molecule has 1 fully saturated rings. The molecule has 7 heteroatoms. The molecule has 1 heterocycles. The second-order valence-corrected chi connectivity index (χ2v) is 8.71. The van der Waals surface area contributed by atoms with Crippen LogP contribution in [0.25, 0.3) is 0 Å². The summed E-state index contributed by atoms with van der Waals surface area (Å²) in [5.41, 5.74) is 2.28. The first-order chi connectivity index (χ1) is 10.4. The number of benzene rings is 1. The maximum atomic E-state index is 12.4. The number of sulfone groups is 1. The number of aryl methyl sites for hydroxylation is 1. The zero-order valence-corrected chi connectivity index (χ0v) is 14.0. The molecule has 2 aliphatic rings. The monoisotopic (exact) mass is 342 g/mol. The molecule has 2 atom stereocenters. The first-order valence-corrected chi connectivity index (χ1v) is 9.61. The summed E-state index contributed by atoms with van der Waals surface area (Å²) < 4.78 is 23.2. The van der Waals surface area contributed by atoms with Crippen molar-refractivity contribution in [3.63, 3.8) is 0 Å². The van der Waals surface area contributed by atoms with E-state index in [-0.39, 0.29) is 36.2 Å². The van der Waals surface area contributed by atoms with Gasteiger partial charge in [0.2, 0.25) is 0 Å². The lowest BCUT2D eigenvalue weighted by molar-refractivity contribution is 0.181. The molecule has 120 valence electrons. The van der Waals surface area contributed by atoms with Gasteiger partial charge in [0.15, 0.2) is 9.84 Å². The SMILES string of the molecule is C[C@@H]1CS(=O)(=O)CCN1C(=O)N[C@@H]1CCc2cc(Cl)ccc21. The number of amides is 2. The highest BCUT2D eigenvalue weighted by Gasteiger charge is 2.33. The average molecular weight is 343 g/mol. The van der Waals surface area contributed by atoms with Crippen LogP contribution in [0.5, 0.6) is 0 Å². The molecule has 1 N–H and O–H groups in total. The summed E-state index contributed by atoms with van der Waals surface area (Å²) in [6.45, 7) is 2.04. The van der Waals surface area contributed by atoms with Crippen LogP contribution in [0.3, 0.4) is 0 Å². The van der Waals surface area contributed by atoms with Gasteiger partial charge in [-0.25, -0.2) is 13.2 Å². The number of fused-ring (bicyclic) bond motifs is 1. The highest BCUT2D eigenvalue weighted by molar-refractivity contribution is 7.91. The molecule has 1 saturated heterocycles. The van der Waals surface area contributed by atoms with Crippen molar-refractivity contribution in [2.75, 3.05) is 18.1 Å². The number of nitrogens with one attached hydrogen (secondary N) is 1. The van der Waals surface area contributed by atoms with Crippen molar-refractivity contribution >= 4 is 27.5 Å². The van der Waals surface area contributed by atoms with Crippen LogP contribution < -0.4 is 5.32 Å². The summed E-state index contributed by atoms with van der Waals surface area (Å²) in [5.74, 6) is 0.0822. The van der Waals surface area contributed by atoms with Crippen molar-refractivity contribution in [3.8, 4) is 0 Å². The van der Waals surface area contributed by atoms with Crippen LogP contribution in [0.4, 0.5) is 4.79 Å². The van der Waals surface area contributed by atoms with Crippen molar-refractivity contribution in [2.45, 2.75) is 31.8 Å². The predicted molar refractivity (Wildman–Crippen MR) is 85.9 cm³/mol. The molecule has 0 aromatic heterocycles. The standard InChI is InChI=1S/C15H19ClN2O3S/c1-10-9-22(20,21)7-6-18(10)15(19)17-14-5-2-11-8-12(16)3-4-13(11)14/h3-4,8,10,14H,2,5-7,9H2,1H3,(H,17,19)/t10-,14-/m1/s1. The van der Waals surface area contributed by atoms with Gasteiger partial charge < -0.3 is 10.2 Å². The lowest BCUT2D eigenvalue weighted by Crippen LogP contribution is -2.53. The minimum atomic E-state index is -3.02. The van der Waals surface area contributed by atoms with Gasteiger partial charge >= 0.3 is 6.03 Å². The second-order valence-electron chi connectivity index (χ2n) is 6.04. The van der Waals surface area contributed by atoms with E-state index < -0.39 is 9.84 Å². The minimum absolute atomic E-state index is 0.0227. The summed E-state index contributed by atoms with van der Waals surface area (Å²) in [6.07, 6.45) is 1.74. The Morgan fingerprint density at radius 3 is 2.91 bits per heavy atom. The molecule has 0 radical (unpaired) electrons. The zero-order valence-electron chi connectivity index (χ0n) is 12.4. The quantitative estimate of drug-likeness (QED) is 0.850. The third-order valence-electron chi connectivity index (χ3n) is 4.41. The minimum Gasteiger partial charge on any atom is -0.331 e. The Bertz CT molecular complexity index is 705. The Morgan fingerprint density at radius 2 is 2.18 bits per heavy atom. The van der Waals surface area contributed by atoms with E-state index in [4.69, 9.17) is 11.6 Å². The summed E-state index contributed by atoms with van der Waals surface area (Å²) >= 11 is 5.99. The van der Waals surface area contributed by atoms with Gasteiger partial charge in [0.25, 0.3) is 0 Å². The number of halogens is 1. The van der Waals surface area contributed by atoms with Crippen LogP contribution in [0, 0.1) is 0 Å². The zero-order chi connectivity index (χ0) is 15.9. The van der Waals surface area contributed by atoms with Gasteiger partial charge in [-0.05, 0) is 43.0 Å². The van der Waals surface area contributed by atoms with Crippen LogP contribution >= 0.6 is 11.6 Å². The van der Waals surface area contributed by atoms with Crippen LogP contribution in [0.1, 0.15) is 30.5 Å². The van der Waals surface area contributed by atoms with E-state index in [9.17, 15) is 13.2 Å². The van der Waals surface area contributed by atoms with E-state index in [1.54, 1.807) is 11.8 Å². The average Bonchev–Trinajstić information content (AvgIpc) is 2.79. The number of carbonyl (C=O) groups is 1. The van der Waals surface area contributed by atoms with Gasteiger partial charge in [-0.1, -0.05) is 17.7 Å². The van der Waals surface area contributed by atoms with Crippen LogP contribution in [0.15, 0.2) is 18.2 Å². The highest BCUT2D eigenvalue weighted by atomic mass is 35.5. The van der Waals surface area contributed by atoms with Gasteiger partial charge in [-0.3, -0.25) is 0 Å². The normalized spacial score (nSPS) is 26.5. The first kappa shape index (κ1) is 15.6. The van der Waals surface area contributed by atoms with Crippen molar-refractivity contribution in [3.05, 3.63) is 34.3 Å². The molecule has 1 aromatic rings. The third-order valence-corrected chi connectivity index (χ3v) is 6.44. The Labute approximate surface area is 135 Å². The van der Waals surface area contributed by atoms with Gasteiger partial charge in [-0.15, -0.1) is 0 Å². The van der Waals surface area contributed by atoms with Crippen LogP contribution in [-0.2, 0) is 16.3 Å². The summed E-state index contributed by atoms with van der Waals surface area (Å²) in [6, 6.07) is 5.24. The summed E-state index contributed by atoms with van der Waals surface area (Å²) in [5, 5.41) is 3.74. The molecule has 5 nitrogen and oxygen atoms in total. The molecular formula is C15H19ClN2O3S. The predicted octanol–water partition coefficient (Wildman–Crippen LogP) is 2.16. The van der Waals surface area contributed by atoms with Gasteiger partial charge in [0.05, 0.1) is 17.5 Å². The maximum absolute atomic E-state index is 12.4. The smallest absolute Gasteiger partial charge is 0.318 e. The van der Waals surface area contributed by atoms with Crippen molar-refractivity contribution in [1.29, 1.82) is 0 Å². The third kappa shape index (κ3) is 3.08. The Hall–Kier alpha value is -1.27. The molecular weight excluding hydrogens is 324 g/mol. The van der Waals surface area contributed by atoms with Crippen LogP contribution in [0.2, 0.25) is 5.02 Å². The largest absolute Gasteiger partial charge is 0.331 e. The lowest BCUT2D eigenvalue weighted by atomic mass is 10.1. The van der Waals surface area contributed by atoms with Crippen LogP contribution in [-0.4, -0.2) is 43.4 Å². The fourth-order valence-corrected chi connectivity index (χ4v) is 5.02. The Morgan fingerprint density at radius 1 is 1.41 bits per heavy atom. The van der Waals surface area contributed by atoms with Crippen molar-refractivity contribution < 1.29 is 13.2 Å². The highest BCUT2D eigenvalue weighted by Crippen LogP contribution is 2.33. The number of urea groups is 1. The van der Waals surface area contributed by atoms with E-state index in [0.717, 1.165) is 18.4 Å². The van der Waals surface area contributed by atoms with Gasteiger partial charge in [0.1, 0.15) is 0 Å². The number of nitrogens with zero attached hydrogens (tertiary/aromatic N) is 1. The molecule has 3 rings (SSSR count). The number of hydrogen-bond donors (Lipinski definition) is 1. The molecule has 2 amide bonds. The van der Waals surface area contributed by atoms with E-state index in [2.05, 4.69) is 5.32 Å². The first-order valence-electron chi connectivity index (χ1n) is 7.41. The number of hydrogen-bond acceptors (Lipinski definition) is 3. The Balaban J connectivity index is 1.69. The molecule has 1 aromatic carbocycles. The molecule has 22 heavy (non-hydrogen) atoms. The Kier molecular flexibility index (Phi) is 4.07. The van der Waals surface area contributed by atoms with E-state index in [1.807, 2.05) is 18.2 Å². The van der Waals surface area contributed by atoms with Crippen molar-refractivity contribution in [2.24, 2.45) is 0 Å². The van der Waals surface area contributed by atoms with E-state index in [1.165, 1.54) is 5.56 Å². The number of rotatable bonds is 1. The number of carbonyl (C=O) groups excluding carboxylic acids is 1. The fourth-order valence-electron chi connectivity index (χ4n) is 3.27. The van der Waals surface area contributed by atoms with Crippen molar-refractivity contribution in [1.82, 2.24) is 10.2 Å². The lowest BCUT2D eigenvalue weighted by Gasteiger charge is -2.34. The van der Waals surface area contributed by atoms with Gasteiger partial charge in [-0.2, -0.15) is 0 Å². The summed E-state index contributed by atoms with van der Waals surface area (Å²) in [4.78, 5) is 14.1. The van der Waals surface area contributed by atoms with E-state index in [0.29, 0.717) is 5.02 Å². The maximum Gasteiger partial charge on any atom is 0.318 e. The second kappa shape index (κ2) is 5.74. The molecule has 1 aliphatic carbocycles. The molecule has 0 bridgehead atoms. The summed E-state index contributed by atoms with van der Waals surface area (Å²) in [7, 11) is -3.02. The van der Waals surface area contributed by atoms with Gasteiger partial charge in [0, 0.05) is 17.6 Å². The fraction of sp³-hybridized carbons (Fsp3) is 0.533. The molecule has 1 aliphatic heterocycles. The topological polar surface area (TPSA) is 66.5 Å².